The molecule has 3 heterocycles. The number of hydrogen-bond acceptors (Lipinski definition) is 6. The highest BCUT2D eigenvalue weighted by molar-refractivity contribution is 9.10. The number of methoxy groups -OCH3 is 2. The summed E-state index contributed by atoms with van der Waals surface area (Å²) in [5, 5.41) is 3.06. The minimum Gasteiger partial charge on any atom is -0.497 e. The molecule has 8 heteroatoms. The lowest BCUT2D eigenvalue weighted by Gasteiger charge is -2.37. The molecule has 1 saturated heterocycles. The number of benzene rings is 4. The van der Waals surface area contributed by atoms with Gasteiger partial charge in [0.2, 0.25) is 5.91 Å². The minimum absolute atomic E-state index is 0.245. The molecular weight excluding hydrogens is 608 g/mol. The quantitative estimate of drug-likeness (QED) is 0.250. The smallest absolute Gasteiger partial charge is 0.238 e. The van der Waals surface area contributed by atoms with Gasteiger partial charge in [0, 0.05) is 21.4 Å². The van der Waals surface area contributed by atoms with Crippen LogP contribution in [-0.4, -0.2) is 43.8 Å². The van der Waals surface area contributed by atoms with Crippen LogP contribution in [0.25, 0.3) is 6.08 Å². The molecule has 3 aliphatic rings. The van der Waals surface area contributed by atoms with Crippen molar-refractivity contribution < 1.29 is 23.9 Å². The zero-order valence-corrected chi connectivity index (χ0v) is 25.0. The van der Waals surface area contributed by atoms with Crippen LogP contribution in [0.1, 0.15) is 31.8 Å². The second kappa shape index (κ2) is 10.2. The van der Waals surface area contributed by atoms with Gasteiger partial charge in [-0.15, -0.1) is 0 Å². The van der Waals surface area contributed by atoms with E-state index in [1.54, 1.807) is 42.5 Å². The lowest BCUT2D eigenvalue weighted by molar-refractivity contribution is -0.121. The summed E-state index contributed by atoms with van der Waals surface area (Å²) in [6, 6.07) is 25.7. The Bertz CT molecular complexity index is 1830. The maximum Gasteiger partial charge on any atom is 0.238 e. The third kappa shape index (κ3) is 3.89. The Balaban J connectivity index is 1.55. The number of ether oxygens (including phenoxy) is 2. The number of carbonyl (C=O) groups is 3. The Kier molecular flexibility index (Phi) is 6.47. The maximum absolute atomic E-state index is 15.1. The van der Waals surface area contributed by atoms with E-state index < -0.39 is 23.4 Å². The first-order valence-electron chi connectivity index (χ1n) is 13.9. The molecule has 7 rings (SSSR count). The SMILES string of the molecule is COc1ccc(OC)c(C(=O)[C@@H]2[C@H](C(=O)c3ccc(Br)cc3)N3c4ccccc4C=CC3[C@@]23C(=O)Nc2ccccc23)c1. The number of fused-ring (bicyclic) bond motifs is 6. The van der Waals surface area contributed by atoms with Gasteiger partial charge in [-0.05, 0) is 53.6 Å². The highest BCUT2D eigenvalue weighted by atomic mass is 79.9. The number of rotatable bonds is 6. The van der Waals surface area contributed by atoms with Crippen molar-refractivity contribution in [1.29, 1.82) is 0 Å². The number of carbonyl (C=O) groups excluding carboxylic acids is 3. The van der Waals surface area contributed by atoms with Crippen molar-refractivity contribution in [2.45, 2.75) is 17.5 Å². The van der Waals surface area contributed by atoms with Crippen LogP contribution in [0.2, 0.25) is 0 Å². The molecule has 0 radical (unpaired) electrons. The molecule has 1 amide bonds. The summed E-state index contributed by atoms with van der Waals surface area (Å²) in [5.41, 5.74) is 2.28. The van der Waals surface area contributed by atoms with E-state index in [0.717, 1.165) is 15.7 Å². The van der Waals surface area contributed by atoms with Crippen LogP contribution < -0.4 is 19.7 Å². The number of ketones is 2. The highest BCUT2D eigenvalue weighted by Crippen LogP contribution is 2.58. The Morgan fingerprint density at radius 1 is 0.884 bits per heavy atom. The van der Waals surface area contributed by atoms with Crippen LogP contribution in [0.15, 0.2) is 102 Å². The highest BCUT2D eigenvalue weighted by Gasteiger charge is 2.70. The lowest BCUT2D eigenvalue weighted by atomic mass is 9.64. The van der Waals surface area contributed by atoms with E-state index >= 15 is 4.79 Å². The molecule has 3 aliphatic heterocycles. The fourth-order valence-electron chi connectivity index (χ4n) is 7.08. The fraction of sp³-hybridized carbons (Fsp3) is 0.171. The molecule has 43 heavy (non-hydrogen) atoms. The summed E-state index contributed by atoms with van der Waals surface area (Å²) in [6.07, 6.45) is 3.94. The Labute approximate surface area is 257 Å². The Morgan fingerprint density at radius 3 is 2.40 bits per heavy atom. The van der Waals surface area contributed by atoms with Crippen LogP contribution >= 0.6 is 15.9 Å². The average Bonchev–Trinajstić information content (AvgIpc) is 3.52. The molecule has 7 nitrogen and oxygen atoms in total. The summed E-state index contributed by atoms with van der Waals surface area (Å²) < 4.78 is 12.0. The second-order valence-corrected chi connectivity index (χ2v) is 11.8. The molecule has 0 saturated carbocycles. The van der Waals surface area contributed by atoms with Gasteiger partial charge in [-0.1, -0.05) is 76.6 Å². The molecular formula is C35H27BrN2O5. The standard InChI is InChI=1S/C35H27BrN2O5/c1-42-23-16-17-28(43-2)24(19-23)33(40)30-31(32(39)21-11-14-22(36)15-12-21)38-27-10-6-3-7-20(27)13-18-29(38)35(30)25-8-4-5-9-26(25)37-34(35)41/h3-19,29-31H,1-2H3,(H,37,41)/t29?,30-,31+,35+/m0/s1. The van der Waals surface area contributed by atoms with Crippen molar-refractivity contribution in [3.05, 3.63) is 124 Å². The predicted octanol–water partition coefficient (Wildman–Crippen LogP) is 6.32. The first-order valence-corrected chi connectivity index (χ1v) is 14.7. The molecule has 1 spiro atoms. The summed E-state index contributed by atoms with van der Waals surface area (Å²) >= 11 is 3.46. The third-order valence-electron chi connectivity index (χ3n) is 8.89. The Hall–Kier alpha value is -4.69. The van der Waals surface area contributed by atoms with E-state index in [1.165, 1.54) is 14.2 Å². The first kappa shape index (κ1) is 27.2. The van der Waals surface area contributed by atoms with E-state index in [-0.39, 0.29) is 23.0 Å². The lowest BCUT2D eigenvalue weighted by Crippen LogP contribution is -2.51. The van der Waals surface area contributed by atoms with Crippen LogP contribution in [0.4, 0.5) is 11.4 Å². The second-order valence-electron chi connectivity index (χ2n) is 10.9. The largest absolute Gasteiger partial charge is 0.497 e. The van der Waals surface area contributed by atoms with E-state index in [4.69, 9.17) is 9.47 Å². The normalized spacial score (nSPS) is 22.9. The molecule has 1 N–H and O–H groups in total. The molecule has 214 valence electrons. The van der Waals surface area contributed by atoms with E-state index in [0.29, 0.717) is 28.3 Å². The van der Waals surface area contributed by atoms with Gasteiger partial charge in [-0.3, -0.25) is 14.4 Å². The maximum atomic E-state index is 15.1. The van der Waals surface area contributed by atoms with Gasteiger partial charge in [0.1, 0.15) is 23.0 Å². The number of halogens is 1. The van der Waals surface area contributed by atoms with E-state index in [9.17, 15) is 9.59 Å². The number of anilines is 2. The van der Waals surface area contributed by atoms with Crippen LogP contribution in [0.5, 0.6) is 11.5 Å². The molecule has 4 atom stereocenters. The molecule has 0 aliphatic carbocycles. The van der Waals surface area contributed by atoms with Gasteiger partial charge in [-0.2, -0.15) is 0 Å². The van der Waals surface area contributed by atoms with Crippen molar-refractivity contribution >= 4 is 50.9 Å². The first-order chi connectivity index (χ1) is 20.9. The molecule has 4 aromatic rings. The van der Waals surface area contributed by atoms with Crippen molar-refractivity contribution in [2.24, 2.45) is 5.92 Å². The number of Topliss-reactive ketones (excluding diaryl/α,β-unsaturated/α-hetero) is 2. The van der Waals surface area contributed by atoms with Gasteiger partial charge in [-0.25, -0.2) is 0 Å². The molecule has 0 aromatic heterocycles. The minimum atomic E-state index is -1.42. The van der Waals surface area contributed by atoms with E-state index in [2.05, 4.69) is 21.2 Å². The summed E-state index contributed by atoms with van der Waals surface area (Å²) in [6.45, 7) is 0. The summed E-state index contributed by atoms with van der Waals surface area (Å²) in [7, 11) is 3.02. The monoisotopic (exact) mass is 634 g/mol. The third-order valence-corrected chi connectivity index (χ3v) is 9.42. The van der Waals surface area contributed by atoms with E-state index in [1.807, 2.05) is 65.6 Å². The number of nitrogens with zero attached hydrogens (tertiary/aromatic N) is 1. The molecule has 0 bridgehead atoms. The molecule has 4 aromatic carbocycles. The summed E-state index contributed by atoms with van der Waals surface area (Å²) in [4.78, 5) is 46.4. The van der Waals surface area contributed by atoms with Crippen LogP contribution in [0, 0.1) is 5.92 Å². The Morgan fingerprint density at radius 2 is 1.63 bits per heavy atom. The van der Waals surface area contributed by atoms with Gasteiger partial charge in [0.25, 0.3) is 0 Å². The van der Waals surface area contributed by atoms with Gasteiger partial charge in [0.15, 0.2) is 11.6 Å². The predicted molar refractivity (Wildman–Crippen MR) is 168 cm³/mol. The zero-order chi connectivity index (χ0) is 29.9. The average molecular weight is 636 g/mol. The zero-order valence-electron chi connectivity index (χ0n) is 23.4. The molecule has 1 fully saturated rings. The van der Waals surface area contributed by atoms with Crippen molar-refractivity contribution in [1.82, 2.24) is 0 Å². The van der Waals surface area contributed by atoms with Crippen LogP contribution in [-0.2, 0) is 10.2 Å². The summed E-state index contributed by atoms with van der Waals surface area (Å²) in [5.74, 6) is -1.27. The topological polar surface area (TPSA) is 84.9 Å². The number of amides is 1. The number of para-hydroxylation sites is 2. The number of hydrogen-bond donors (Lipinski definition) is 1. The van der Waals surface area contributed by atoms with Crippen molar-refractivity contribution in [2.75, 3.05) is 24.4 Å². The molecule has 1 unspecified atom stereocenters. The van der Waals surface area contributed by atoms with Crippen molar-refractivity contribution in [3.8, 4) is 11.5 Å². The van der Waals surface area contributed by atoms with Crippen molar-refractivity contribution in [3.63, 3.8) is 0 Å². The fourth-order valence-corrected chi connectivity index (χ4v) is 7.34. The van der Waals surface area contributed by atoms with Crippen LogP contribution in [0.3, 0.4) is 0 Å². The van der Waals surface area contributed by atoms with Gasteiger partial charge < -0.3 is 19.7 Å². The van der Waals surface area contributed by atoms with Gasteiger partial charge >= 0.3 is 0 Å². The number of nitrogens with one attached hydrogen (secondary N) is 1. The van der Waals surface area contributed by atoms with Gasteiger partial charge in [0.05, 0.1) is 31.7 Å².